The predicted octanol–water partition coefficient (Wildman–Crippen LogP) is 1.71. The van der Waals surface area contributed by atoms with Crippen LogP contribution in [-0.2, 0) is 42.2 Å². The van der Waals surface area contributed by atoms with E-state index in [1.165, 1.54) is 0 Å². The van der Waals surface area contributed by atoms with Crippen molar-refractivity contribution in [3.8, 4) is 0 Å². The van der Waals surface area contributed by atoms with E-state index in [1.807, 2.05) is 0 Å². The molecule has 0 aliphatic heterocycles. The summed E-state index contributed by atoms with van der Waals surface area (Å²) >= 11 is 0. The molecular weight excluding hydrogens is 217 g/mol. The first kappa shape index (κ1) is 17.9. The summed E-state index contributed by atoms with van der Waals surface area (Å²) in [6, 6.07) is 0. The maximum absolute atomic E-state index is 5.06. The Morgan fingerprint density at radius 3 is 2.18 bits per heavy atom. The van der Waals surface area contributed by atoms with Gasteiger partial charge in [0.15, 0.2) is 0 Å². The van der Waals surface area contributed by atoms with E-state index in [2.05, 4.69) is 6.92 Å². The summed E-state index contributed by atoms with van der Waals surface area (Å²) in [6.07, 6.45) is 2.03. The zero-order valence-corrected chi connectivity index (χ0v) is 10.6. The Balaban J connectivity index is -0.000000320. The fraction of sp³-hybridized carbons (Fsp3) is 0.750. The Morgan fingerprint density at radius 2 is 1.91 bits per heavy atom. The minimum absolute atomic E-state index is 0. The number of hydrogen-bond donors (Lipinski definition) is 0. The molecule has 0 fully saturated rings. The molecule has 1 atom stereocenters. The van der Waals surface area contributed by atoms with Crippen LogP contribution in [0.1, 0.15) is 12.8 Å². The number of ether oxygens (including phenoxy) is 2. The van der Waals surface area contributed by atoms with Crippen LogP contribution in [0, 0.1) is 14.4 Å². The zero-order chi connectivity index (χ0) is 7.11. The topological polar surface area (TPSA) is 18.5 Å². The first-order valence-corrected chi connectivity index (χ1v) is 3.16. The van der Waals surface area contributed by atoms with Gasteiger partial charge in [-0.3, -0.25) is 0 Å². The summed E-state index contributed by atoms with van der Waals surface area (Å²) in [5.41, 5.74) is 0. The second kappa shape index (κ2) is 13.6. The van der Waals surface area contributed by atoms with Gasteiger partial charge < -0.3 is 23.8 Å². The summed E-state index contributed by atoms with van der Waals surface area (Å²) in [7, 11) is 3.39. The molecule has 1 radical (unpaired) electrons. The van der Waals surface area contributed by atoms with Gasteiger partial charge in [0.2, 0.25) is 0 Å². The molecule has 1 unspecified atom stereocenters. The van der Waals surface area contributed by atoms with Gasteiger partial charge in [-0.05, 0) is 6.42 Å². The molecule has 0 aliphatic carbocycles. The summed E-state index contributed by atoms with van der Waals surface area (Å²) < 4.78 is 9.93. The average molecular weight is 235 g/mol. The second-order valence-corrected chi connectivity index (χ2v) is 1.93. The van der Waals surface area contributed by atoms with Gasteiger partial charge in [-0.25, -0.2) is 0 Å². The number of methoxy groups -OCH3 is 2. The summed E-state index contributed by atoms with van der Waals surface area (Å²) in [5.74, 6) is 0. The summed E-state index contributed by atoms with van der Waals surface area (Å²) in [5, 5.41) is 0. The van der Waals surface area contributed by atoms with Crippen LogP contribution < -0.4 is 0 Å². The summed E-state index contributed by atoms with van der Waals surface area (Å²) in [6.45, 7) is 4.49. The molecule has 0 saturated heterocycles. The SMILES string of the molecule is [CH2-]CC(CCOC)OC.[CH3-].[Y]. The van der Waals surface area contributed by atoms with E-state index in [0.29, 0.717) is 0 Å². The molecule has 0 bridgehead atoms. The van der Waals surface area contributed by atoms with E-state index < -0.39 is 0 Å². The Bertz CT molecular complexity index is 56.1. The van der Waals surface area contributed by atoms with E-state index >= 15 is 0 Å². The quantitative estimate of drug-likeness (QED) is 0.675. The smallest absolute Gasteiger partial charge is 0.0485 e. The molecule has 2 nitrogen and oxygen atoms in total. The van der Waals surface area contributed by atoms with Crippen molar-refractivity contribution in [2.24, 2.45) is 0 Å². The minimum atomic E-state index is 0. The molecule has 3 heteroatoms. The Hall–Kier alpha value is 1.02. The zero-order valence-electron chi connectivity index (χ0n) is 7.80. The summed E-state index contributed by atoms with van der Waals surface area (Å²) in [4.78, 5) is 0. The van der Waals surface area contributed by atoms with Gasteiger partial charge in [0, 0.05) is 59.6 Å². The van der Waals surface area contributed by atoms with Crippen molar-refractivity contribution in [2.45, 2.75) is 18.9 Å². The number of hydrogen-bond acceptors (Lipinski definition) is 2. The second-order valence-electron chi connectivity index (χ2n) is 1.93. The molecule has 0 aromatic carbocycles. The van der Waals surface area contributed by atoms with Crippen molar-refractivity contribution in [1.29, 1.82) is 0 Å². The van der Waals surface area contributed by atoms with Crippen LogP contribution in [0.3, 0.4) is 0 Å². The normalized spacial score (nSPS) is 11.2. The molecule has 11 heavy (non-hydrogen) atoms. The van der Waals surface area contributed by atoms with Crippen LogP contribution in [0.4, 0.5) is 0 Å². The van der Waals surface area contributed by atoms with Gasteiger partial charge in [-0.2, -0.15) is 6.42 Å². The Labute approximate surface area is 95.9 Å². The largest absolute Gasteiger partial charge is 0.385 e. The molecule has 0 rings (SSSR count). The number of rotatable bonds is 5. The maximum Gasteiger partial charge on any atom is 0.0485 e. The van der Waals surface area contributed by atoms with E-state index in [4.69, 9.17) is 9.47 Å². The third-order valence-corrected chi connectivity index (χ3v) is 1.30. The van der Waals surface area contributed by atoms with Crippen LogP contribution in [0.15, 0.2) is 0 Å². The molecule has 0 aromatic rings. The van der Waals surface area contributed by atoms with E-state index in [9.17, 15) is 0 Å². The predicted molar refractivity (Wildman–Crippen MR) is 43.7 cm³/mol. The Morgan fingerprint density at radius 1 is 1.36 bits per heavy atom. The van der Waals surface area contributed by atoms with Gasteiger partial charge in [-0.15, -0.1) is 0 Å². The monoisotopic (exact) mass is 235 g/mol. The first-order chi connectivity index (χ1) is 4.35. The van der Waals surface area contributed by atoms with E-state index in [1.54, 1.807) is 14.2 Å². The third kappa shape index (κ3) is 11.0. The minimum Gasteiger partial charge on any atom is -0.385 e. The van der Waals surface area contributed by atoms with Crippen molar-refractivity contribution in [3.63, 3.8) is 0 Å². The maximum atomic E-state index is 5.06. The molecular formula is C8H18O2Y-2. The van der Waals surface area contributed by atoms with E-state index in [-0.39, 0.29) is 46.2 Å². The molecule has 0 saturated carbocycles. The molecule has 0 aromatic heterocycles. The molecule has 67 valence electrons. The van der Waals surface area contributed by atoms with Gasteiger partial charge in [0.05, 0.1) is 0 Å². The molecule has 0 amide bonds. The van der Waals surface area contributed by atoms with Gasteiger partial charge >= 0.3 is 0 Å². The first-order valence-electron chi connectivity index (χ1n) is 3.16. The standard InChI is InChI=1S/C7H15O2.CH3.Y/c1-4-7(9-3)5-6-8-2;;/h7H,1,4-6H2,2-3H3;1H3;/q2*-1;. The Kier molecular flexibility index (Phi) is 22.2. The van der Waals surface area contributed by atoms with Crippen molar-refractivity contribution in [1.82, 2.24) is 0 Å². The van der Waals surface area contributed by atoms with E-state index in [0.717, 1.165) is 19.4 Å². The van der Waals surface area contributed by atoms with Crippen LogP contribution in [0.25, 0.3) is 0 Å². The van der Waals surface area contributed by atoms with Gasteiger partial charge in [0.1, 0.15) is 0 Å². The van der Waals surface area contributed by atoms with Crippen LogP contribution in [0.2, 0.25) is 0 Å². The van der Waals surface area contributed by atoms with Gasteiger partial charge in [-0.1, -0.05) is 0 Å². The van der Waals surface area contributed by atoms with Crippen molar-refractivity contribution >= 4 is 0 Å². The van der Waals surface area contributed by atoms with Crippen molar-refractivity contribution in [3.05, 3.63) is 14.4 Å². The van der Waals surface area contributed by atoms with Crippen LogP contribution >= 0.6 is 0 Å². The average Bonchev–Trinajstić information content (AvgIpc) is 1.91. The fourth-order valence-corrected chi connectivity index (χ4v) is 0.629. The molecule has 0 aliphatic rings. The van der Waals surface area contributed by atoms with Crippen LogP contribution in [-0.4, -0.2) is 26.9 Å². The van der Waals surface area contributed by atoms with Crippen molar-refractivity contribution in [2.75, 3.05) is 20.8 Å². The third-order valence-electron chi connectivity index (χ3n) is 1.30. The van der Waals surface area contributed by atoms with Crippen molar-refractivity contribution < 1.29 is 42.2 Å². The molecule has 0 heterocycles. The van der Waals surface area contributed by atoms with Crippen LogP contribution in [0.5, 0.6) is 0 Å². The van der Waals surface area contributed by atoms with Gasteiger partial charge in [0.25, 0.3) is 0 Å². The molecule has 0 N–H and O–H groups in total. The molecule has 0 spiro atoms. The fourth-order valence-electron chi connectivity index (χ4n) is 0.629.